The van der Waals surface area contributed by atoms with Crippen LogP contribution in [0, 0.1) is 0 Å². The van der Waals surface area contributed by atoms with E-state index < -0.39 is 32.0 Å². The molecular formula is C15H21F3O6S2. The molecule has 0 saturated heterocycles. The first kappa shape index (κ1) is 22.7. The predicted octanol–water partition coefficient (Wildman–Crippen LogP) is 3.64. The summed E-state index contributed by atoms with van der Waals surface area (Å²) in [6.45, 7) is 0. The van der Waals surface area contributed by atoms with Crippen LogP contribution in [0.3, 0.4) is 0 Å². The Labute approximate surface area is 151 Å². The van der Waals surface area contributed by atoms with Crippen LogP contribution in [0.5, 0.6) is 5.75 Å². The fourth-order valence-electron chi connectivity index (χ4n) is 2.16. The molecule has 1 aromatic rings. The van der Waals surface area contributed by atoms with Gasteiger partial charge in [0.25, 0.3) is 10.1 Å². The first-order chi connectivity index (χ1) is 11.9. The van der Waals surface area contributed by atoms with Gasteiger partial charge in [-0.3, -0.25) is 4.55 Å². The largest absolute Gasteiger partial charge is 0.416 e. The van der Waals surface area contributed by atoms with Crippen molar-refractivity contribution in [2.24, 2.45) is 0 Å². The lowest BCUT2D eigenvalue weighted by molar-refractivity contribution is -0.137. The number of benzene rings is 1. The van der Waals surface area contributed by atoms with Crippen LogP contribution in [0.2, 0.25) is 0 Å². The first-order valence-corrected chi connectivity index (χ1v) is 11.1. The number of unbranched alkanes of at least 4 members (excludes halogenated alkanes) is 5. The molecule has 1 N–H and O–H groups in total. The van der Waals surface area contributed by atoms with Gasteiger partial charge >= 0.3 is 16.3 Å². The summed E-state index contributed by atoms with van der Waals surface area (Å²) in [4.78, 5) is 0. The molecule has 0 aliphatic carbocycles. The Morgan fingerprint density at radius 1 is 0.808 bits per heavy atom. The highest BCUT2D eigenvalue weighted by molar-refractivity contribution is 7.87. The molecule has 0 aliphatic rings. The Hall–Kier alpha value is -1.33. The normalized spacial score (nSPS) is 12.9. The molecule has 1 rings (SSSR count). The molecule has 0 saturated carbocycles. The molecule has 0 aliphatic heterocycles. The highest BCUT2D eigenvalue weighted by atomic mass is 32.2. The van der Waals surface area contributed by atoms with Gasteiger partial charge in [-0.1, -0.05) is 25.7 Å². The van der Waals surface area contributed by atoms with Gasteiger partial charge in [-0.05, 0) is 37.1 Å². The summed E-state index contributed by atoms with van der Waals surface area (Å²) < 4.78 is 95.2. The third kappa shape index (κ3) is 9.97. The average Bonchev–Trinajstić information content (AvgIpc) is 2.48. The van der Waals surface area contributed by atoms with Crippen LogP contribution in [0.15, 0.2) is 24.3 Å². The van der Waals surface area contributed by atoms with E-state index >= 15 is 0 Å². The monoisotopic (exact) mass is 418 g/mol. The third-order valence-electron chi connectivity index (χ3n) is 3.45. The van der Waals surface area contributed by atoms with Crippen molar-refractivity contribution in [1.82, 2.24) is 0 Å². The van der Waals surface area contributed by atoms with Gasteiger partial charge in [0, 0.05) is 0 Å². The smallest absolute Gasteiger partial charge is 0.382 e. The summed E-state index contributed by atoms with van der Waals surface area (Å²) in [6.07, 6.45) is -1.25. The van der Waals surface area contributed by atoms with Crippen molar-refractivity contribution >= 4 is 20.2 Å². The zero-order valence-electron chi connectivity index (χ0n) is 13.9. The minimum atomic E-state index is -4.50. The van der Waals surface area contributed by atoms with E-state index in [9.17, 15) is 30.0 Å². The number of alkyl halides is 3. The summed E-state index contributed by atoms with van der Waals surface area (Å²) in [5, 5.41) is 0. The molecule has 0 unspecified atom stereocenters. The molecule has 0 bridgehead atoms. The minimum absolute atomic E-state index is 0.178. The van der Waals surface area contributed by atoms with Gasteiger partial charge in [-0.15, -0.1) is 0 Å². The van der Waals surface area contributed by atoms with Gasteiger partial charge in [0.1, 0.15) is 5.75 Å². The van der Waals surface area contributed by atoms with Crippen molar-refractivity contribution in [3.8, 4) is 5.75 Å². The fourth-order valence-corrected chi connectivity index (χ4v) is 3.77. The molecule has 150 valence electrons. The lowest BCUT2D eigenvalue weighted by atomic mass is 10.1. The molecule has 6 nitrogen and oxygen atoms in total. The summed E-state index contributed by atoms with van der Waals surface area (Å²) in [6, 6.07) is 3.40. The molecule has 11 heteroatoms. The number of hydrogen-bond donors (Lipinski definition) is 1. The predicted molar refractivity (Wildman–Crippen MR) is 90.0 cm³/mol. The van der Waals surface area contributed by atoms with Crippen LogP contribution in [0.4, 0.5) is 13.2 Å². The lowest BCUT2D eigenvalue weighted by Crippen LogP contribution is -2.14. The van der Waals surface area contributed by atoms with Crippen LogP contribution >= 0.6 is 0 Å². The highest BCUT2D eigenvalue weighted by Gasteiger charge is 2.30. The Balaban J connectivity index is 2.28. The summed E-state index contributed by atoms with van der Waals surface area (Å²) in [5.74, 6) is -0.732. The molecule has 0 amide bonds. The van der Waals surface area contributed by atoms with Gasteiger partial charge in [0.2, 0.25) is 0 Å². The Bertz CT molecular complexity index is 756. The van der Waals surface area contributed by atoms with E-state index in [-0.39, 0.29) is 17.3 Å². The van der Waals surface area contributed by atoms with E-state index in [2.05, 4.69) is 0 Å². The van der Waals surface area contributed by atoms with Gasteiger partial charge in [-0.2, -0.15) is 30.0 Å². The SMILES string of the molecule is O=S(=O)(O)CCCCCCCCS(=O)(=O)Oc1ccc(C(F)(F)F)cc1. The van der Waals surface area contributed by atoms with Gasteiger partial charge < -0.3 is 4.18 Å². The van der Waals surface area contributed by atoms with Crippen LogP contribution in [0.1, 0.15) is 44.1 Å². The van der Waals surface area contributed by atoms with Crippen molar-refractivity contribution in [2.75, 3.05) is 11.5 Å². The number of halogens is 3. The molecule has 0 spiro atoms. The van der Waals surface area contributed by atoms with Crippen molar-refractivity contribution in [3.63, 3.8) is 0 Å². The van der Waals surface area contributed by atoms with E-state index in [1.165, 1.54) is 0 Å². The second-order valence-electron chi connectivity index (χ2n) is 5.77. The number of hydrogen-bond acceptors (Lipinski definition) is 5. The number of rotatable bonds is 11. The summed E-state index contributed by atoms with van der Waals surface area (Å²) in [5.41, 5.74) is -0.892. The Kier molecular flexibility index (Phi) is 8.35. The topological polar surface area (TPSA) is 97.7 Å². The molecule has 0 radical (unpaired) electrons. The van der Waals surface area contributed by atoms with Crippen LogP contribution in [-0.2, 0) is 26.4 Å². The standard InChI is InChI=1S/C15H21F3O6S2/c16-15(17,18)13-7-9-14(10-8-13)24-26(22,23)12-6-4-2-1-3-5-11-25(19,20)21/h7-10H,1-6,11-12H2,(H,19,20,21). The Morgan fingerprint density at radius 2 is 1.27 bits per heavy atom. The maximum absolute atomic E-state index is 12.4. The highest BCUT2D eigenvalue weighted by Crippen LogP contribution is 2.30. The van der Waals surface area contributed by atoms with E-state index in [1.54, 1.807) is 0 Å². The zero-order chi connectivity index (χ0) is 19.8. The maximum Gasteiger partial charge on any atom is 0.416 e. The molecule has 0 atom stereocenters. The maximum atomic E-state index is 12.4. The molecule has 26 heavy (non-hydrogen) atoms. The van der Waals surface area contributed by atoms with Gasteiger partial charge in [0.15, 0.2) is 0 Å². The molecule has 1 aromatic carbocycles. The van der Waals surface area contributed by atoms with E-state index in [0.29, 0.717) is 38.5 Å². The molecule has 0 heterocycles. The van der Waals surface area contributed by atoms with Crippen molar-refractivity contribution in [2.45, 2.75) is 44.7 Å². The quantitative estimate of drug-likeness (QED) is 0.335. The van der Waals surface area contributed by atoms with Gasteiger partial charge in [-0.25, -0.2) is 0 Å². The molecular weight excluding hydrogens is 397 g/mol. The van der Waals surface area contributed by atoms with Gasteiger partial charge in [0.05, 0.1) is 17.1 Å². The Morgan fingerprint density at radius 3 is 1.73 bits per heavy atom. The molecule has 0 aromatic heterocycles. The summed E-state index contributed by atoms with van der Waals surface area (Å²) >= 11 is 0. The average molecular weight is 418 g/mol. The zero-order valence-corrected chi connectivity index (χ0v) is 15.5. The second-order valence-corrected chi connectivity index (χ2v) is 9.04. The minimum Gasteiger partial charge on any atom is -0.382 e. The van der Waals surface area contributed by atoms with Crippen LogP contribution < -0.4 is 4.18 Å². The fraction of sp³-hybridized carbons (Fsp3) is 0.600. The van der Waals surface area contributed by atoms with E-state index in [0.717, 1.165) is 24.3 Å². The summed E-state index contributed by atoms with van der Waals surface area (Å²) in [7, 11) is -7.83. The first-order valence-electron chi connectivity index (χ1n) is 7.94. The van der Waals surface area contributed by atoms with Crippen molar-refractivity contribution in [3.05, 3.63) is 29.8 Å². The second kappa shape index (κ2) is 9.56. The molecule has 0 fully saturated rings. The van der Waals surface area contributed by atoms with Crippen LogP contribution in [-0.4, -0.2) is 32.9 Å². The van der Waals surface area contributed by atoms with Crippen molar-refractivity contribution < 1.29 is 38.7 Å². The van der Waals surface area contributed by atoms with E-state index in [4.69, 9.17) is 8.74 Å². The lowest BCUT2D eigenvalue weighted by Gasteiger charge is -2.09. The van der Waals surface area contributed by atoms with Crippen LogP contribution in [0.25, 0.3) is 0 Å². The van der Waals surface area contributed by atoms with Crippen molar-refractivity contribution in [1.29, 1.82) is 0 Å². The van der Waals surface area contributed by atoms with E-state index in [1.807, 2.05) is 0 Å². The third-order valence-corrected chi connectivity index (χ3v) is 5.49.